The van der Waals surface area contributed by atoms with Gasteiger partial charge in [-0.25, -0.2) is 4.99 Å². The Balaban J connectivity index is 0.00000171. The second kappa shape index (κ2) is 10.2. The number of benzene rings is 2. The van der Waals surface area contributed by atoms with Gasteiger partial charge in [0.1, 0.15) is 5.75 Å². The number of fused-ring (bicyclic) bond motifs is 1. The van der Waals surface area contributed by atoms with Crippen molar-refractivity contribution in [1.82, 2.24) is 4.90 Å². The van der Waals surface area contributed by atoms with Crippen LogP contribution in [0, 0.1) is 0 Å². The van der Waals surface area contributed by atoms with Crippen molar-refractivity contribution in [3.8, 4) is 5.75 Å². The number of thioether (sulfide) groups is 1. The van der Waals surface area contributed by atoms with E-state index in [2.05, 4.69) is 4.99 Å². The first-order valence-corrected chi connectivity index (χ1v) is 10.2. The molecule has 2 aromatic rings. The number of nitrogens with zero attached hydrogens (tertiary/aromatic N) is 2. The highest BCUT2D eigenvalue weighted by Crippen LogP contribution is 2.48. The van der Waals surface area contributed by atoms with Gasteiger partial charge in [-0.3, -0.25) is 0 Å². The van der Waals surface area contributed by atoms with Crippen molar-refractivity contribution < 1.29 is 14.6 Å². The highest BCUT2D eigenvalue weighted by atomic mass is 35.5. The number of carbonyl (C=O) groups excluding carboxylic acids is 1. The van der Waals surface area contributed by atoms with E-state index in [0.717, 1.165) is 10.5 Å². The maximum atomic E-state index is 12.0. The summed E-state index contributed by atoms with van der Waals surface area (Å²) in [6, 6.07) is 12.0. The molecule has 4 rings (SSSR count). The fraction of sp³-hybridized carbons (Fsp3) is 0.143. The Labute approximate surface area is 206 Å². The second-order valence-electron chi connectivity index (χ2n) is 6.46. The number of hydrogen-bond acceptors (Lipinski definition) is 6. The average Bonchev–Trinajstić information content (AvgIpc) is 3.09. The van der Waals surface area contributed by atoms with Crippen LogP contribution in [0.1, 0.15) is 24.1 Å². The number of carbonyl (C=O) groups is 1. The summed E-state index contributed by atoms with van der Waals surface area (Å²) in [6.45, 7) is 1.67. The van der Waals surface area contributed by atoms with Gasteiger partial charge >= 0.3 is 0 Å². The zero-order valence-electron chi connectivity index (χ0n) is 16.3. The molecule has 0 N–H and O–H groups in total. The average molecular weight is 519 g/mol. The molecule has 0 radical (unpaired) electrons. The van der Waals surface area contributed by atoms with E-state index in [1.165, 1.54) is 11.8 Å². The van der Waals surface area contributed by atoms with Gasteiger partial charge in [0.05, 0.1) is 29.2 Å². The minimum Gasteiger partial charge on any atom is -0.545 e. The normalized spacial score (nSPS) is 17.2. The van der Waals surface area contributed by atoms with E-state index in [4.69, 9.17) is 27.9 Å². The molecule has 0 spiro atoms. The Morgan fingerprint density at radius 3 is 2.29 bits per heavy atom. The lowest BCUT2D eigenvalue weighted by Crippen LogP contribution is -2.38. The fourth-order valence-electron chi connectivity index (χ4n) is 3.39. The van der Waals surface area contributed by atoms with Crippen LogP contribution in [0.25, 0.3) is 4.91 Å². The van der Waals surface area contributed by atoms with Crippen molar-refractivity contribution in [2.45, 2.75) is 13.0 Å². The van der Waals surface area contributed by atoms with Crippen LogP contribution in [0.3, 0.4) is 0 Å². The van der Waals surface area contributed by atoms with E-state index in [1.807, 2.05) is 23.2 Å². The number of amidine groups is 1. The van der Waals surface area contributed by atoms with Crippen molar-refractivity contribution in [2.24, 2.45) is 4.99 Å². The maximum Gasteiger partial charge on any atom is 0.173 e. The van der Waals surface area contributed by atoms with E-state index in [0.29, 0.717) is 32.2 Å². The monoisotopic (exact) mass is 517 g/mol. The summed E-state index contributed by atoms with van der Waals surface area (Å²) < 4.78 is 5.22. The molecule has 0 fully saturated rings. The number of carboxylic acids is 1. The van der Waals surface area contributed by atoms with Crippen LogP contribution in [-0.4, -0.2) is 23.1 Å². The van der Waals surface area contributed by atoms with Crippen LogP contribution in [0.2, 0.25) is 10.0 Å². The van der Waals surface area contributed by atoms with Gasteiger partial charge in [-0.1, -0.05) is 41.4 Å². The maximum absolute atomic E-state index is 12.0. The zero-order valence-corrected chi connectivity index (χ0v) is 20.3. The molecule has 2 aromatic carbocycles. The molecule has 2 aliphatic heterocycles. The van der Waals surface area contributed by atoms with Crippen LogP contribution in [0.5, 0.6) is 5.75 Å². The van der Waals surface area contributed by atoms with Gasteiger partial charge in [-0.15, -0.1) is 24.8 Å². The van der Waals surface area contributed by atoms with Gasteiger partial charge in [0.15, 0.2) is 5.17 Å². The highest BCUT2D eigenvalue weighted by Gasteiger charge is 2.37. The van der Waals surface area contributed by atoms with Crippen molar-refractivity contribution >= 4 is 75.8 Å². The first-order chi connectivity index (χ1) is 13.9. The number of carboxylic acid groups (broad SMARTS) is 1. The molecular formula is C21H17Cl4N2O3S-. The molecule has 5 nitrogen and oxygen atoms in total. The molecule has 1 atom stereocenters. The number of aliphatic imine (C=N–C) groups is 1. The molecule has 0 saturated carbocycles. The summed E-state index contributed by atoms with van der Waals surface area (Å²) in [6.07, 6.45) is 1.83. The van der Waals surface area contributed by atoms with Gasteiger partial charge in [0.2, 0.25) is 0 Å². The number of allylic oxidation sites excluding steroid dienone is 1. The Morgan fingerprint density at radius 1 is 1.13 bits per heavy atom. The lowest BCUT2D eigenvalue weighted by atomic mass is 9.95. The fourth-order valence-corrected chi connectivity index (χ4v) is 5.23. The molecule has 1 unspecified atom stereocenters. The Morgan fingerprint density at radius 2 is 1.74 bits per heavy atom. The number of halogens is 4. The Hall–Kier alpha value is -1.83. The second-order valence-corrected chi connectivity index (χ2v) is 8.28. The van der Waals surface area contributed by atoms with Crippen LogP contribution in [-0.2, 0) is 4.79 Å². The molecule has 10 heteroatoms. The quantitative estimate of drug-likeness (QED) is 0.547. The summed E-state index contributed by atoms with van der Waals surface area (Å²) in [7, 11) is 1.58. The highest BCUT2D eigenvalue weighted by molar-refractivity contribution is 8.22. The standard InChI is InChI=1S/C21H16Cl2N2O3S.2ClH/c1-11-17(20(26)27)19(12-6-8-13(28-2)9-7-12)25-10-16(29-21(25)24-11)18-14(22)4-3-5-15(18)23;;/h3-10,19H,1-2H3,(H,26,27);2*1H/p-1. The van der Waals surface area contributed by atoms with Crippen LogP contribution in [0.4, 0.5) is 0 Å². The molecule has 0 aliphatic carbocycles. The number of hydrogen-bond donors (Lipinski definition) is 0. The molecule has 2 aliphatic rings. The summed E-state index contributed by atoms with van der Waals surface area (Å²) in [5.41, 5.74) is 1.99. The van der Waals surface area contributed by atoms with Gasteiger partial charge < -0.3 is 19.5 Å². The summed E-state index contributed by atoms with van der Waals surface area (Å²) in [5, 5.41) is 13.6. The molecule has 2 heterocycles. The van der Waals surface area contributed by atoms with Gasteiger partial charge in [-0.05, 0) is 48.5 Å². The first-order valence-electron chi connectivity index (χ1n) is 8.68. The molecular weight excluding hydrogens is 502 g/mol. The van der Waals surface area contributed by atoms with E-state index < -0.39 is 12.0 Å². The Bertz CT molecular complexity index is 1080. The van der Waals surface area contributed by atoms with Crippen LogP contribution >= 0.6 is 59.8 Å². The predicted molar refractivity (Wildman–Crippen MR) is 129 cm³/mol. The van der Waals surface area contributed by atoms with E-state index >= 15 is 0 Å². The minimum absolute atomic E-state index is 0. The summed E-state index contributed by atoms with van der Waals surface area (Å²) in [5.74, 6) is -0.572. The van der Waals surface area contributed by atoms with E-state index in [9.17, 15) is 9.90 Å². The molecule has 0 amide bonds. The summed E-state index contributed by atoms with van der Waals surface area (Å²) >= 11 is 14.1. The van der Waals surface area contributed by atoms with Crippen molar-refractivity contribution in [3.63, 3.8) is 0 Å². The number of aliphatic carboxylic acids is 1. The lowest BCUT2D eigenvalue weighted by Gasteiger charge is -2.34. The van der Waals surface area contributed by atoms with Gasteiger partial charge in [-0.2, -0.15) is 0 Å². The van der Waals surface area contributed by atoms with Crippen molar-refractivity contribution in [3.05, 3.63) is 81.1 Å². The SMILES string of the molecule is COc1ccc(C2C(C(=O)[O-])=C(C)N=C3SC(c4c(Cl)cccc4Cl)=CN32)cc1.Cl.Cl. The first kappa shape index (κ1) is 25.4. The number of methoxy groups -OCH3 is 1. The predicted octanol–water partition coefficient (Wildman–Crippen LogP) is 5.33. The molecule has 0 saturated heterocycles. The molecule has 31 heavy (non-hydrogen) atoms. The molecule has 0 bridgehead atoms. The summed E-state index contributed by atoms with van der Waals surface area (Å²) in [4.78, 5) is 19.1. The smallest absolute Gasteiger partial charge is 0.173 e. The van der Waals surface area contributed by atoms with E-state index in [-0.39, 0.29) is 30.4 Å². The third kappa shape index (κ3) is 4.69. The van der Waals surface area contributed by atoms with Crippen LogP contribution < -0.4 is 9.84 Å². The third-order valence-corrected chi connectivity index (χ3v) is 6.39. The van der Waals surface area contributed by atoms with Gasteiger partial charge in [0, 0.05) is 27.9 Å². The largest absolute Gasteiger partial charge is 0.545 e. The van der Waals surface area contributed by atoms with Gasteiger partial charge in [0.25, 0.3) is 0 Å². The van der Waals surface area contributed by atoms with Crippen molar-refractivity contribution in [2.75, 3.05) is 7.11 Å². The minimum atomic E-state index is -1.26. The van der Waals surface area contributed by atoms with Crippen molar-refractivity contribution in [1.29, 1.82) is 0 Å². The van der Waals surface area contributed by atoms with E-state index in [1.54, 1.807) is 44.4 Å². The number of ether oxygens (including phenoxy) is 1. The van der Waals surface area contributed by atoms with Crippen LogP contribution in [0.15, 0.2) is 64.9 Å². The third-order valence-electron chi connectivity index (χ3n) is 4.74. The molecule has 0 aromatic heterocycles. The zero-order chi connectivity index (χ0) is 20.7. The Kier molecular flexibility index (Phi) is 8.36. The lowest BCUT2D eigenvalue weighted by molar-refractivity contribution is -0.300. The molecule has 164 valence electrons. The number of rotatable bonds is 4. The topological polar surface area (TPSA) is 65.0 Å².